The van der Waals surface area contributed by atoms with E-state index in [-0.39, 0.29) is 12.2 Å². The molecule has 0 aliphatic carbocycles. The Labute approximate surface area is 260 Å². The predicted octanol–water partition coefficient (Wildman–Crippen LogP) is 6.47. The molecule has 2 aromatic heterocycles. The third-order valence-corrected chi connectivity index (χ3v) is 9.05. The minimum absolute atomic E-state index is 0.190. The van der Waals surface area contributed by atoms with E-state index in [1.54, 1.807) is 11.5 Å². The number of ether oxygens (including phenoxy) is 1. The largest absolute Gasteiger partial charge is 0.463 e. The summed E-state index contributed by atoms with van der Waals surface area (Å²) in [6, 6.07) is 29.4. The summed E-state index contributed by atoms with van der Waals surface area (Å²) < 4.78 is 10.0. The van der Waals surface area contributed by atoms with Gasteiger partial charge in [0.15, 0.2) is 4.80 Å². The summed E-state index contributed by atoms with van der Waals surface area (Å²) >= 11 is 1.34. The lowest BCUT2D eigenvalue weighted by Crippen LogP contribution is -2.40. The Bertz CT molecular complexity index is 2050. The number of esters is 1. The summed E-state index contributed by atoms with van der Waals surface area (Å²) in [5.74, 6) is -0.130. The number of fused-ring (bicyclic) bond motifs is 1. The average molecular weight is 602 g/mol. The molecule has 0 saturated carbocycles. The molecule has 6 nitrogen and oxygen atoms in total. The molecule has 0 radical (unpaired) electrons. The highest BCUT2D eigenvalue weighted by atomic mass is 32.1. The number of aryl methyl sites for hydroxylation is 1. The molecule has 1 aliphatic rings. The zero-order chi connectivity index (χ0) is 31.0. The smallest absolute Gasteiger partial charge is 0.338 e. The second kappa shape index (κ2) is 12.1. The minimum Gasteiger partial charge on any atom is -0.463 e. The molecular weight excluding hydrogens is 566 g/mol. The Morgan fingerprint density at radius 3 is 2.27 bits per heavy atom. The van der Waals surface area contributed by atoms with Gasteiger partial charge in [-0.15, -0.1) is 0 Å². The normalized spacial score (nSPS) is 15.0. The Morgan fingerprint density at radius 2 is 1.64 bits per heavy atom. The second-order valence-corrected chi connectivity index (χ2v) is 12.3. The quantitative estimate of drug-likeness (QED) is 0.201. The summed E-state index contributed by atoms with van der Waals surface area (Å²) in [7, 11) is 0. The fourth-order valence-corrected chi connectivity index (χ4v) is 6.86. The monoisotopic (exact) mass is 601 g/mol. The van der Waals surface area contributed by atoms with Gasteiger partial charge in [-0.25, -0.2) is 9.79 Å². The fourth-order valence-electron chi connectivity index (χ4n) is 5.87. The lowest BCUT2D eigenvalue weighted by atomic mass is 9.91. The van der Waals surface area contributed by atoms with Crippen LogP contribution in [0.15, 0.2) is 106 Å². The topological polar surface area (TPSA) is 65.6 Å². The maximum atomic E-state index is 14.3. The molecule has 0 N–H and O–H groups in total. The van der Waals surface area contributed by atoms with Crippen LogP contribution in [-0.4, -0.2) is 21.7 Å². The van der Waals surface area contributed by atoms with Crippen molar-refractivity contribution in [1.29, 1.82) is 0 Å². The van der Waals surface area contributed by atoms with Gasteiger partial charge in [-0.3, -0.25) is 9.36 Å². The standard InChI is InChI=1S/C37H35N3O3S/c1-6-43-36(42)32-33(27-13-9-7-10-14-27)38-37-40(34(32)28-19-17-26(18-20-28)23(2)3)35(41)31(44-37)22-29-21-24(4)39(25(29)5)30-15-11-8-12-16-30/h7-23,34H,6H2,1-5H3/b31-22-/t34-/m1/s1. The van der Waals surface area contributed by atoms with E-state index in [0.29, 0.717) is 26.5 Å². The molecule has 0 fully saturated rings. The lowest BCUT2D eigenvalue weighted by molar-refractivity contribution is -0.138. The SMILES string of the molecule is CCOC(=O)C1=C(c2ccccc2)N=c2s/c(=C\c3cc(C)n(-c4ccccc4)c3C)c(=O)n2[C@@H]1c1ccc(C(C)C)cc1. The van der Waals surface area contributed by atoms with Crippen LogP contribution in [0, 0.1) is 13.8 Å². The van der Waals surface area contributed by atoms with E-state index in [9.17, 15) is 9.59 Å². The molecule has 0 bridgehead atoms. The van der Waals surface area contributed by atoms with Crippen molar-refractivity contribution in [3.63, 3.8) is 0 Å². The van der Waals surface area contributed by atoms with E-state index >= 15 is 0 Å². The van der Waals surface area contributed by atoms with E-state index in [4.69, 9.17) is 9.73 Å². The number of thiazole rings is 1. The molecule has 0 spiro atoms. The van der Waals surface area contributed by atoms with E-state index in [1.807, 2.05) is 66.7 Å². The molecule has 3 aromatic carbocycles. The van der Waals surface area contributed by atoms with Crippen molar-refractivity contribution in [1.82, 2.24) is 9.13 Å². The van der Waals surface area contributed by atoms with Gasteiger partial charge >= 0.3 is 5.97 Å². The molecule has 44 heavy (non-hydrogen) atoms. The first-order valence-electron chi connectivity index (χ1n) is 14.9. The van der Waals surface area contributed by atoms with Crippen molar-refractivity contribution in [2.24, 2.45) is 4.99 Å². The Balaban J connectivity index is 1.60. The summed E-state index contributed by atoms with van der Waals surface area (Å²) in [5.41, 5.74) is 7.64. The highest BCUT2D eigenvalue weighted by Gasteiger charge is 2.35. The molecule has 222 valence electrons. The van der Waals surface area contributed by atoms with Gasteiger partial charge in [0.2, 0.25) is 0 Å². The van der Waals surface area contributed by atoms with E-state index in [0.717, 1.165) is 33.8 Å². The first-order valence-corrected chi connectivity index (χ1v) is 15.7. The summed E-state index contributed by atoms with van der Waals surface area (Å²) in [6.07, 6.45) is 1.95. The number of benzene rings is 3. The third kappa shape index (κ3) is 5.28. The molecule has 0 unspecified atom stereocenters. The summed E-state index contributed by atoms with van der Waals surface area (Å²) in [4.78, 5) is 33.6. The van der Waals surface area contributed by atoms with Gasteiger partial charge in [0, 0.05) is 22.6 Å². The number of carbonyl (C=O) groups is 1. The molecule has 1 aliphatic heterocycles. The number of nitrogens with zero attached hydrogens (tertiary/aromatic N) is 3. The number of hydrogen-bond donors (Lipinski definition) is 0. The van der Waals surface area contributed by atoms with Gasteiger partial charge in [0.1, 0.15) is 0 Å². The van der Waals surface area contributed by atoms with Crippen molar-refractivity contribution >= 4 is 29.1 Å². The van der Waals surface area contributed by atoms with Gasteiger partial charge in [-0.2, -0.15) is 0 Å². The first kappa shape index (κ1) is 29.3. The minimum atomic E-state index is -0.694. The van der Waals surface area contributed by atoms with Crippen LogP contribution in [0.5, 0.6) is 0 Å². The van der Waals surface area contributed by atoms with Gasteiger partial charge in [-0.1, -0.05) is 98.0 Å². The van der Waals surface area contributed by atoms with Gasteiger partial charge in [0.05, 0.1) is 28.5 Å². The van der Waals surface area contributed by atoms with Gasteiger partial charge in [-0.05, 0) is 67.7 Å². The fraction of sp³-hybridized carbons (Fsp3) is 0.216. The molecule has 5 aromatic rings. The van der Waals surface area contributed by atoms with Crippen LogP contribution in [-0.2, 0) is 9.53 Å². The number of hydrogen-bond acceptors (Lipinski definition) is 5. The van der Waals surface area contributed by atoms with Crippen molar-refractivity contribution in [3.8, 4) is 5.69 Å². The number of rotatable bonds is 7. The highest BCUT2D eigenvalue weighted by molar-refractivity contribution is 7.07. The van der Waals surface area contributed by atoms with Crippen LogP contribution in [0.2, 0.25) is 0 Å². The molecule has 3 heterocycles. The first-order chi connectivity index (χ1) is 21.3. The Kier molecular flexibility index (Phi) is 8.06. The molecule has 7 heteroatoms. The van der Waals surface area contributed by atoms with Crippen molar-refractivity contribution < 1.29 is 9.53 Å². The van der Waals surface area contributed by atoms with Crippen LogP contribution >= 0.6 is 11.3 Å². The third-order valence-electron chi connectivity index (χ3n) is 8.06. The molecule has 0 amide bonds. The maximum absolute atomic E-state index is 14.3. The van der Waals surface area contributed by atoms with Gasteiger partial charge < -0.3 is 9.30 Å². The zero-order valence-corrected chi connectivity index (χ0v) is 26.4. The highest BCUT2D eigenvalue weighted by Crippen LogP contribution is 2.35. The van der Waals surface area contributed by atoms with Crippen molar-refractivity contribution in [2.75, 3.05) is 6.61 Å². The number of aromatic nitrogens is 2. The van der Waals surface area contributed by atoms with E-state index in [2.05, 4.69) is 62.6 Å². The summed E-state index contributed by atoms with van der Waals surface area (Å²) in [5, 5.41) is 0. The van der Waals surface area contributed by atoms with E-state index in [1.165, 1.54) is 16.9 Å². The molecule has 6 rings (SSSR count). The molecule has 0 saturated heterocycles. The van der Waals surface area contributed by atoms with Gasteiger partial charge in [0.25, 0.3) is 5.56 Å². The van der Waals surface area contributed by atoms with Crippen LogP contribution in [0.3, 0.4) is 0 Å². The second-order valence-electron chi connectivity index (χ2n) is 11.3. The maximum Gasteiger partial charge on any atom is 0.338 e. The molecular formula is C37H35N3O3S. The molecule has 1 atom stereocenters. The zero-order valence-electron chi connectivity index (χ0n) is 25.6. The van der Waals surface area contributed by atoms with Crippen LogP contribution in [0.4, 0.5) is 0 Å². The van der Waals surface area contributed by atoms with Crippen molar-refractivity contribution in [2.45, 2.75) is 46.6 Å². The predicted molar refractivity (Wildman–Crippen MR) is 177 cm³/mol. The Hall–Kier alpha value is -4.75. The van der Waals surface area contributed by atoms with Crippen LogP contribution in [0.25, 0.3) is 17.5 Å². The lowest BCUT2D eigenvalue weighted by Gasteiger charge is -2.26. The van der Waals surface area contributed by atoms with Crippen molar-refractivity contribution in [3.05, 3.63) is 150 Å². The Morgan fingerprint density at radius 1 is 0.977 bits per heavy atom. The number of para-hydroxylation sites is 1. The van der Waals surface area contributed by atoms with Crippen LogP contribution < -0.4 is 14.9 Å². The number of carbonyl (C=O) groups excluding carboxylic acids is 1. The van der Waals surface area contributed by atoms with Crippen LogP contribution in [0.1, 0.15) is 66.4 Å². The van der Waals surface area contributed by atoms with E-state index < -0.39 is 12.0 Å². The average Bonchev–Trinajstić information content (AvgIpc) is 3.50. The summed E-state index contributed by atoms with van der Waals surface area (Å²) in [6.45, 7) is 10.4.